The maximum absolute atomic E-state index is 13.6. The van der Waals surface area contributed by atoms with Crippen molar-refractivity contribution in [3.8, 4) is 5.69 Å². The van der Waals surface area contributed by atoms with Crippen LogP contribution in [-0.4, -0.2) is 27.9 Å². The number of hydrogen-bond donors (Lipinski definition) is 0. The summed E-state index contributed by atoms with van der Waals surface area (Å²) < 4.78 is 6.68. The maximum Gasteiger partial charge on any atom is 0.316 e. The SMILES string of the molecule is CCCc1sc2nc(SCC(=O)OCC)n(-c3ccc(C)c(C)c3)c(=O)c2c1C. The highest BCUT2D eigenvalue weighted by Crippen LogP contribution is 2.31. The Balaban J connectivity index is 2.20. The van der Waals surface area contributed by atoms with E-state index in [1.54, 1.807) is 22.8 Å². The van der Waals surface area contributed by atoms with Crippen molar-refractivity contribution < 1.29 is 9.53 Å². The number of aryl methyl sites for hydroxylation is 4. The molecule has 5 nitrogen and oxygen atoms in total. The second-order valence-electron chi connectivity index (χ2n) is 6.98. The quantitative estimate of drug-likeness (QED) is 0.300. The van der Waals surface area contributed by atoms with Crippen LogP contribution in [0.25, 0.3) is 15.9 Å². The molecule has 0 aliphatic rings. The van der Waals surface area contributed by atoms with Crippen LogP contribution in [0.5, 0.6) is 0 Å². The molecule has 2 heterocycles. The van der Waals surface area contributed by atoms with Crippen LogP contribution in [0.1, 0.15) is 41.8 Å². The lowest BCUT2D eigenvalue weighted by Gasteiger charge is -2.13. The van der Waals surface area contributed by atoms with Crippen molar-refractivity contribution in [2.75, 3.05) is 12.4 Å². The van der Waals surface area contributed by atoms with Crippen molar-refractivity contribution in [2.24, 2.45) is 0 Å². The van der Waals surface area contributed by atoms with Crippen LogP contribution in [0.2, 0.25) is 0 Å². The first-order valence-electron chi connectivity index (χ1n) is 9.78. The van der Waals surface area contributed by atoms with E-state index >= 15 is 0 Å². The Morgan fingerprint density at radius 2 is 1.97 bits per heavy atom. The van der Waals surface area contributed by atoms with Gasteiger partial charge < -0.3 is 4.74 Å². The van der Waals surface area contributed by atoms with Gasteiger partial charge in [-0.25, -0.2) is 4.98 Å². The fourth-order valence-electron chi connectivity index (χ4n) is 3.19. The van der Waals surface area contributed by atoms with Crippen LogP contribution in [0.4, 0.5) is 0 Å². The van der Waals surface area contributed by atoms with E-state index in [1.165, 1.54) is 16.6 Å². The number of fused-ring (bicyclic) bond motifs is 1. The van der Waals surface area contributed by atoms with Gasteiger partial charge in [-0.3, -0.25) is 14.2 Å². The number of thiophene rings is 1. The predicted molar refractivity (Wildman–Crippen MR) is 121 cm³/mol. The first-order chi connectivity index (χ1) is 13.9. The predicted octanol–water partition coefficient (Wildman–Crippen LogP) is 4.98. The van der Waals surface area contributed by atoms with E-state index in [0.717, 1.165) is 40.0 Å². The number of hydrogen-bond acceptors (Lipinski definition) is 6. The lowest BCUT2D eigenvalue weighted by atomic mass is 10.1. The Labute approximate surface area is 179 Å². The van der Waals surface area contributed by atoms with Crippen LogP contribution < -0.4 is 5.56 Å². The molecule has 0 amide bonds. The van der Waals surface area contributed by atoms with Crippen LogP contribution in [0, 0.1) is 20.8 Å². The van der Waals surface area contributed by atoms with E-state index in [0.29, 0.717) is 17.1 Å². The van der Waals surface area contributed by atoms with Crippen molar-refractivity contribution in [1.29, 1.82) is 0 Å². The summed E-state index contributed by atoms with van der Waals surface area (Å²) in [5.41, 5.74) is 3.96. The fourth-order valence-corrected chi connectivity index (χ4v) is 5.32. The molecule has 0 bridgehead atoms. The van der Waals surface area contributed by atoms with Gasteiger partial charge >= 0.3 is 5.97 Å². The number of rotatable bonds is 7. The molecule has 0 aliphatic heterocycles. The van der Waals surface area contributed by atoms with Gasteiger partial charge in [0.05, 0.1) is 23.4 Å². The molecule has 0 saturated carbocycles. The maximum atomic E-state index is 13.6. The van der Waals surface area contributed by atoms with E-state index in [1.807, 2.05) is 39.0 Å². The summed E-state index contributed by atoms with van der Waals surface area (Å²) in [6.45, 7) is 10.3. The average Bonchev–Trinajstić information content (AvgIpc) is 2.99. The number of benzene rings is 1. The zero-order valence-corrected chi connectivity index (χ0v) is 19.1. The molecule has 3 aromatic rings. The third kappa shape index (κ3) is 4.41. The van der Waals surface area contributed by atoms with Gasteiger partial charge in [0.1, 0.15) is 4.83 Å². The minimum absolute atomic E-state index is 0.0827. The molecule has 0 unspecified atom stereocenters. The molecule has 154 valence electrons. The third-order valence-corrected chi connectivity index (χ3v) is 7.04. The van der Waals surface area contributed by atoms with Crippen molar-refractivity contribution >= 4 is 39.3 Å². The molecular formula is C22H26N2O3S2. The first kappa shape index (κ1) is 21.6. The number of esters is 1. The monoisotopic (exact) mass is 430 g/mol. The summed E-state index contributed by atoms with van der Waals surface area (Å²) in [6.07, 6.45) is 1.95. The van der Waals surface area contributed by atoms with Gasteiger partial charge in [-0.05, 0) is 62.9 Å². The van der Waals surface area contributed by atoms with E-state index in [4.69, 9.17) is 9.72 Å². The second kappa shape index (κ2) is 9.13. The first-order valence-corrected chi connectivity index (χ1v) is 11.6. The van der Waals surface area contributed by atoms with Crippen molar-refractivity contribution in [2.45, 2.75) is 52.6 Å². The summed E-state index contributed by atoms with van der Waals surface area (Å²) in [5.74, 6) is -0.199. The van der Waals surface area contributed by atoms with Gasteiger partial charge in [0.15, 0.2) is 5.16 Å². The van der Waals surface area contributed by atoms with Gasteiger partial charge in [-0.15, -0.1) is 11.3 Å². The van der Waals surface area contributed by atoms with E-state index in [-0.39, 0.29) is 17.3 Å². The highest BCUT2D eigenvalue weighted by molar-refractivity contribution is 7.99. The Morgan fingerprint density at radius 1 is 1.21 bits per heavy atom. The number of carbonyl (C=O) groups is 1. The van der Waals surface area contributed by atoms with Crippen molar-refractivity contribution in [3.05, 3.63) is 50.1 Å². The van der Waals surface area contributed by atoms with Gasteiger partial charge in [0.25, 0.3) is 5.56 Å². The Morgan fingerprint density at radius 3 is 2.62 bits per heavy atom. The fraction of sp³-hybridized carbons (Fsp3) is 0.409. The number of ether oxygens (including phenoxy) is 1. The molecule has 7 heteroatoms. The molecule has 0 spiro atoms. The van der Waals surface area contributed by atoms with Crippen molar-refractivity contribution in [3.63, 3.8) is 0 Å². The molecule has 0 atom stereocenters. The number of carbonyl (C=O) groups excluding carboxylic acids is 1. The number of aromatic nitrogens is 2. The topological polar surface area (TPSA) is 61.2 Å². The zero-order chi connectivity index (χ0) is 21.1. The molecule has 29 heavy (non-hydrogen) atoms. The van der Waals surface area contributed by atoms with E-state index in [9.17, 15) is 9.59 Å². The number of thioether (sulfide) groups is 1. The van der Waals surface area contributed by atoms with Crippen molar-refractivity contribution in [1.82, 2.24) is 9.55 Å². The Hall–Kier alpha value is -2.12. The van der Waals surface area contributed by atoms with Crippen LogP contribution >= 0.6 is 23.1 Å². The highest BCUT2D eigenvalue weighted by Gasteiger charge is 2.20. The lowest BCUT2D eigenvalue weighted by molar-refractivity contribution is -0.139. The Kier molecular flexibility index (Phi) is 6.80. The van der Waals surface area contributed by atoms with Gasteiger partial charge in [-0.1, -0.05) is 31.2 Å². The minimum Gasteiger partial charge on any atom is -0.465 e. The normalized spacial score (nSPS) is 11.2. The van der Waals surface area contributed by atoms with E-state index in [2.05, 4.69) is 6.92 Å². The molecular weight excluding hydrogens is 404 g/mol. The molecule has 0 saturated heterocycles. The van der Waals surface area contributed by atoms with E-state index < -0.39 is 0 Å². The summed E-state index contributed by atoms with van der Waals surface area (Å²) in [5, 5.41) is 1.19. The molecule has 2 aromatic heterocycles. The standard InChI is InChI=1S/C22H26N2O3S2/c1-6-8-17-15(5)19-20(29-17)23-22(28-12-18(25)27-7-2)24(21(19)26)16-10-9-13(3)14(4)11-16/h9-11H,6-8,12H2,1-5H3. The smallest absolute Gasteiger partial charge is 0.316 e. The van der Waals surface area contributed by atoms with Crippen LogP contribution in [0.3, 0.4) is 0 Å². The van der Waals surface area contributed by atoms with Gasteiger partial charge in [0, 0.05) is 4.88 Å². The molecule has 0 radical (unpaired) electrons. The van der Waals surface area contributed by atoms with Crippen LogP contribution in [-0.2, 0) is 16.0 Å². The second-order valence-corrected chi connectivity index (χ2v) is 9.00. The largest absolute Gasteiger partial charge is 0.465 e. The number of nitrogens with zero attached hydrogens (tertiary/aromatic N) is 2. The molecule has 0 fully saturated rings. The summed E-state index contributed by atoms with van der Waals surface area (Å²) in [7, 11) is 0. The Bertz CT molecular complexity index is 1120. The van der Waals surface area contributed by atoms with Gasteiger partial charge in [0.2, 0.25) is 0 Å². The summed E-state index contributed by atoms with van der Waals surface area (Å²) in [6, 6.07) is 5.93. The summed E-state index contributed by atoms with van der Waals surface area (Å²) >= 11 is 2.82. The third-order valence-electron chi connectivity index (χ3n) is 4.88. The zero-order valence-electron chi connectivity index (χ0n) is 17.5. The molecule has 0 N–H and O–H groups in total. The van der Waals surface area contributed by atoms with Gasteiger partial charge in [-0.2, -0.15) is 0 Å². The highest BCUT2D eigenvalue weighted by atomic mass is 32.2. The molecule has 0 aliphatic carbocycles. The molecule has 1 aromatic carbocycles. The lowest BCUT2D eigenvalue weighted by Crippen LogP contribution is -2.22. The average molecular weight is 431 g/mol. The van der Waals surface area contributed by atoms with Crippen LogP contribution in [0.15, 0.2) is 28.2 Å². The summed E-state index contributed by atoms with van der Waals surface area (Å²) in [4.78, 5) is 32.2. The molecule has 3 rings (SSSR count). The minimum atomic E-state index is -0.312.